The minimum Gasteiger partial charge on any atom is -0.550 e. The van der Waals surface area contributed by atoms with E-state index in [1.54, 1.807) is 0 Å². The van der Waals surface area contributed by atoms with E-state index in [2.05, 4.69) is 24.3 Å². The number of fused-ring (bicyclic) bond motifs is 10. The summed E-state index contributed by atoms with van der Waals surface area (Å²) in [5.41, 5.74) is 0. The standard InChI is InChI=1S/2C17H24O5.Ca/c2*18-5-1-2-6-22-17(21)15-9-13-11-4-3-10(7-11)12(13)8-14(15)16(19)20;/h2*3-4,10-15,18H,1-2,5-9H2,(H,19,20);/q;;+2/p-2. The van der Waals surface area contributed by atoms with E-state index in [-0.39, 0.29) is 64.2 Å². The molecule has 12 unspecified atom stereocenters. The van der Waals surface area contributed by atoms with E-state index in [1.165, 1.54) is 0 Å². The quantitative estimate of drug-likeness (QED) is 0.132. The summed E-state index contributed by atoms with van der Waals surface area (Å²) in [6, 6.07) is 0. The van der Waals surface area contributed by atoms with E-state index < -0.39 is 47.5 Å². The normalized spacial score (nSPS) is 37.9. The van der Waals surface area contributed by atoms with E-state index in [9.17, 15) is 29.4 Å². The number of hydrogen-bond donors (Lipinski definition) is 2. The van der Waals surface area contributed by atoms with E-state index >= 15 is 0 Å². The molecule has 4 fully saturated rings. The van der Waals surface area contributed by atoms with Crippen molar-refractivity contribution in [1.29, 1.82) is 0 Å². The Morgan fingerprint density at radius 1 is 0.533 bits per heavy atom. The van der Waals surface area contributed by atoms with Crippen LogP contribution in [0.4, 0.5) is 0 Å². The topological polar surface area (TPSA) is 173 Å². The Hall–Kier alpha value is -1.46. The van der Waals surface area contributed by atoms with E-state index in [4.69, 9.17) is 19.7 Å². The monoisotopic (exact) mass is 654 g/mol. The van der Waals surface area contributed by atoms with Gasteiger partial charge in [0, 0.05) is 37.0 Å². The van der Waals surface area contributed by atoms with Crippen molar-refractivity contribution in [1.82, 2.24) is 0 Å². The molecule has 0 heterocycles. The number of carbonyl (C=O) groups excluding carboxylic acids is 4. The summed E-state index contributed by atoms with van der Waals surface area (Å²) in [6.45, 7) is 0.634. The zero-order valence-electron chi connectivity index (χ0n) is 26.0. The molecule has 0 aliphatic heterocycles. The molecule has 0 saturated heterocycles. The Labute approximate surface area is 295 Å². The summed E-state index contributed by atoms with van der Waals surface area (Å²) >= 11 is 0. The summed E-state index contributed by atoms with van der Waals surface area (Å²) in [6.07, 6.45) is 15.8. The van der Waals surface area contributed by atoms with Crippen LogP contribution in [0.25, 0.3) is 0 Å². The molecule has 0 amide bonds. The van der Waals surface area contributed by atoms with Gasteiger partial charge in [0.25, 0.3) is 0 Å². The fraction of sp³-hybridized carbons (Fsp3) is 0.765. The largest absolute Gasteiger partial charge is 2.00 e. The maximum atomic E-state index is 12.3. The van der Waals surface area contributed by atoms with Gasteiger partial charge in [0.2, 0.25) is 0 Å². The van der Waals surface area contributed by atoms with E-state index in [0.29, 0.717) is 98.7 Å². The number of hydrogen-bond acceptors (Lipinski definition) is 10. The molecule has 4 saturated carbocycles. The molecule has 0 radical (unpaired) electrons. The molecule has 45 heavy (non-hydrogen) atoms. The molecule has 0 spiro atoms. The van der Waals surface area contributed by atoms with Crippen LogP contribution >= 0.6 is 0 Å². The SMILES string of the molecule is O=C([O-])C1CC2C3C=CC(C3)C2CC1C(=O)OCCCCO.O=C([O-])C1CC2C3C=CC(C3)C2CC1C(=O)OCCCCO.[Ca+2]. The van der Waals surface area contributed by atoms with Crippen molar-refractivity contribution in [2.45, 2.75) is 64.2 Å². The second-order valence-corrected chi connectivity index (χ2v) is 13.8. The van der Waals surface area contributed by atoms with Gasteiger partial charge in [0.15, 0.2) is 0 Å². The summed E-state index contributed by atoms with van der Waals surface area (Å²) in [7, 11) is 0. The van der Waals surface area contributed by atoms with Gasteiger partial charge >= 0.3 is 49.7 Å². The fourth-order valence-electron chi connectivity index (χ4n) is 9.31. The van der Waals surface area contributed by atoms with Gasteiger partial charge in [-0.15, -0.1) is 0 Å². The van der Waals surface area contributed by atoms with Crippen molar-refractivity contribution in [2.75, 3.05) is 26.4 Å². The van der Waals surface area contributed by atoms with Gasteiger partial charge in [0.1, 0.15) is 0 Å². The maximum Gasteiger partial charge on any atom is 2.00 e. The molecule has 2 N–H and O–H groups in total. The number of esters is 2. The van der Waals surface area contributed by atoms with Crippen LogP contribution < -0.4 is 10.2 Å². The van der Waals surface area contributed by atoms with Crippen LogP contribution in [0, 0.1) is 71.0 Å². The smallest absolute Gasteiger partial charge is 0.550 e. The Bertz CT molecular complexity index is 1040. The predicted octanol–water partition coefficient (Wildman–Crippen LogP) is 0.652. The van der Waals surface area contributed by atoms with Crippen LogP contribution in [0.2, 0.25) is 0 Å². The molecule has 12 atom stereocenters. The minimum atomic E-state index is -1.12. The third-order valence-electron chi connectivity index (χ3n) is 11.5. The van der Waals surface area contributed by atoms with E-state index in [1.807, 2.05) is 0 Å². The maximum absolute atomic E-state index is 12.3. The van der Waals surface area contributed by atoms with Gasteiger partial charge in [-0.1, -0.05) is 24.3 Å². The van der Waals surface area contributed by atoms with Crippen molar-refractivity contribution in [2.24, 2.45) is 71.0 Å². The Morgan fingerprint density at radius 2 is 0.844 bits per heavy atom. The number of aliphatic carboxylic acids is 2. The Kier molecular flexibility index (Phi) is 13.4. The molecular weight excluding hydrogens is 608 g/mol. The molecule has 6 rings (SSSR count). The van der Waals surface area contributed by atoms with Crippen molar-refractivity contribution in [3.8, 4) is 0 Å². The number of rotatable bonds is 12. The molecule has 0 aromatic rings. The number of aliphatic hydroxyl groups is 2. The van der Waals surface area contributed by atoms with Crippen LogP contribution in [-0.4, -0.2) is 98.3 Å². The predicted molar refractivity (Wildman–Crippen MR) is 158 cm³/mol. The first-order valence-electron chi connectivity index (χ1n) is 16.6. The molecule has 6 aliphatic rings. The first-order chi connectivity index (χ1) is 21.2. The molecule has 10 nitrogen and oxygen atoms in total. The summed E-state index contributed by atoms with van der Waals surface area (Å²) in [4.78, 5) is 47.5. The van der Waals surface area contributed by atoms with Gasteiger partial charge in [-0.25, -0.2) is 0 Å². The van der Waals surface area contributed by atoms with Gasteiger partial charge in [-0.3, -0.25) is 9.59 Å². The van der Waals surface area contributed by atoms with Crippen LogP contribution in [-0.2, 0) is 28.7 Å². The Morgan fingerprint density at radius 3 is 1.13 bits per heavy atom. The third kappa shape index (κ3) is 8.16. The molecule has 6 aliphatic carbocycles. The number of carbonyl (C=O) groups is 4. The van der Waals surface area contributed by atoms with Gasteiger partial charge in [-0.05, 0) is 112 Å². The number of ether oxygens (including phenoxy) is 2. The molecule has 244 valence electrons. The van der Waals surface area contributed by atoms with Crippen LogP contribution in [0.3, 0.4) is 0 Å². The van der Waals surface area contributed by atoms with Gasteiger partial charge in [0.05, 0.1) is 25.0 Å². The average molecular weight is 655 g/mol. The first-order valence-corrected chi connectivity index (χ1v) is 16.6. The number of aliphatic hydroxyl groups excluding tert-OH is 2. The summed E-state index contributed by atoms with van der Waals surface area (Å²) in [5.74, 6) is -2.07. The van der Waals surface area contributed by atoms with Crippen molar-refractivity contribution in [3.63, 3.8) is 0 Å². The number of carboxylic acid groups (broad SMARTS) is 2. The first kappa shape index (κ1) is 36.4. The molecule has 4 bridgehead atoms. The van der Waals surface area contributed by atoms with E-state index in [0.717, 1.165) is 12.8 Å². The second-order valence-electron chi connectivity index (χ2n) is 13.8. The Balaban J connectivity index is 0.000000200. The zero-order valence-corrected chi connectivity index (χ0v) is 28.2. The minimum absolute atomic E-state index is 0. The second kappa shape index (κ2) is 16.6. The number of allylic oxidation sites excluding steroid dienone is 4. The average Bonchev–Trinajstić information content (AvgIpc) is 3.83. The molecule has 11 heteroatoms. The van der Waals surface area contributed by atoms with Crippen LogP contribution in [0.15, 0.2) is 24.3 Å². The summed E-state index contributed by atoms with van der Waals surface area (Å²) in [5, 5.41) is 40.4. The molecule has 0 aromatic carbocycles. The third-order valence-corrected chi connectivity index (χ3v) is 11.5. The fourth-order valence-corrected chi connectivity index (χ4v) is 9.31. The zero-order chi connectivity index (χ0) is 31.4. The van der Waals surface area contributed by atoms with Crippen LogP contribution in [0.5, 0.6) is 0 Å². The summed E-state index contributed by atoms with van der Waals surface area (Å²) < 4.78 is 10.5. The van der Waals surface area contributed by atoms with Crippen molar-refractivity contribution in [3.05, 3.63) is 24.3 Å². The van der Waals surface area contributed by atoms with Gasteiger partial charge < -0.3 is 39.5 Å². The van der Waals surface area contributed by atoms with Gasteiger partial charge in [-0.2, -0.15) is 0 Å². The van der Waals surface area contributed by atoms with Crippen molar-refractivity contribution >= 4 is 61.6 Å². The van der Waals surface area contributed by atoms with Crippen molar-refractivity contribution < 1.29 is 49.1 Å². The number of carboxylic acids is 2. The molecule has 0 aromatic heterocycles. The number of unbranched alkanes of at least 4 members (excludes halogenated alkanes) is 2. The van der Waals surface area contributed by atoms with Crippen LogP contribution in [0.1, 0.15) is 64.2 Å². The molecular formula is C34H46CaO10.